The van der Waals surface area contributed by atoms with Gasteiger partial charge >= 0.3 is 12.0 Å². The lowest BCUT2D eigenvalue weighted by Crippen LogP contribution is -2.51. The number of carbonyl (C=O) groups is 3. The summed E-state index contributed by atoms with van der Waals surface area (Å²) in [6.45, 7) is 2.65. The van der Waals surface area contributed by atoms with Crippen molar-refractivity contribution in [1.82, 2.24) is 15.5 Å². The molecule has 0 bridgehead atoms. The summed E-state index contributed by atoms with van der Waals surface area (Å²) in [5, 5.41) is 14.0. The molecular formula is C12H21N3O4. The van der Waals surface area contributed by atoms with Crippen LogP contribution in [-0.4, -0.2) is 54.1 Å². The molecule has 0 spiro atoms. The summed E-state index contributed by atoms with van der Waals surface area (Å²) in [6.07, 6.45) is 1.56. The number of urea groups is 1. The highest BCUT2D eigenvalue weighted by molar-refractivity contribution is 5.83. The molecule has 1 unspecified atom stereocenters. The first kappa shape index (κ1) is 15.3. The number of hydrogen-bond acceptors (Lipinski definition) is 3. The Morgan fingerprint density at radius 1 is 1.32 bits per heavy atom. The van der Waals surface area contributed by atoms with Crippen LogP contribution in [0.4, 0.5) is 4.79 Å². The fourth-order valence-corrected chi connectivity index (χ4v) is 2.13. The SMILES string of the molecule is CCC(NC(=O)N1CCC(C(=O)NC)CC1)C(=O)O. The molecule has 1 rings (SSSR count). The third kappa shape index (κ3) is 4.11. The first-order valence-electron chi connectivity index (χ1n) is 6.49. The monoisotopic (exact) mass is 271 g/mol. The minimum absolute atomic E-state index is 0.00275. The molecule has 108 valence electrons. The Labute approximate surface area is 112 Å². The first-order valence-corrected chi connectivity index (χ1v) is 6.49. The molecule has 1 saturated heterocycles. The maximum Gasteiger partial charge on any atom is 0.326 e. The van der Waals surface area contributed by atoms with E-state index in [2.05, 4.69) is 10.6 Å². The zero-order valence-corrected chi connectivity index (χ0v) is 11.3. The number of carboxylic acid groups (broad SMARTS) is 1. The number of piperidine rings is 1. The van der Waals surface area contributed by atoms with Crippen LogP contribution in [0.25, 0.3) is 0 Å². The van der Waals surface area contributed by atoms with Gasteiger partial charge in [0.1, 0.15) is 6.04 Å². The van der Waals surface area contributed by atoms with E-state index in [0.717, 1.165) is 0 Å². The van der Waals surface area contributed by atoms with Crippen molar-refractivity contribution < 1.29 is 19.5 Å². The van der Waals surface area contributed by atoms with Crippen molar-refractivity contribution in [3.63, 3.8) is 0 Å². The van der Waals surface area contributed by atoms with Crippen LogP contribution in [0.3, 0.4) is 0 Å². The number of nitrogens with one attached hydrogen (secondary N) is 2. The number of rotatable bonds is 4. The summed E-state index contributed by atoms with van der Waals surface area (Å²) in [6, 6.07) is -1.23. The van der Waals surface area contributed by atoms with E-state index in [1.165, 1.54) is 0 Å². The number of hydrogen-bond donors (Lipinski definition) is 3. The number of carbonyl (C=O) groups excluding carboxylic acids is 2. The van der Waals surface area contributed by atoms with Crippen molar-refractivity contribution in [2.75, 3.05) is 20.1 Å². The highest BCUT2D eigenvalue weighted by Crippen LogP contribution is 2.17. The second-order valence-corrected chi connectivity index (χ2v) is 4.62. The molecule has 0 aromatic heterocycles. The molecule has 3 N–H and O–H groups in total. The molecule has 0 aromatic carbocycles. The van der Waals surface area contributed by atoms with Gasteiger partial charge in [0.25, 0.3) is 0 Å². The van der Waals surface area contributed by atoms with Gasteiger partial charge in [0.05, 0.1) is 0 Å². The van der Waals surface area contributed by atoms with Crippen molar-refractivity contribution in [2.24, 2.45) is 5.92 Å². The van der Waals surface area contributed by atoms with Gasteiger partial charge < -0.3 is 20.6 Å². The van der Waals surface area contributed by atoms with E-state index in [1.54, 1.807) is 18.9 Å². The number of carboxylic acids is 1. The van der Waals surface area contributed by atoms with E-state index in [-0.39, 0.29) is 17.9 Å². The number of nitrogens with zero attached hydrogens (tertiary/aromatic N) is 1. The third-order valence-electron chi connectivity index (χ3n) is 3.40. The molecule has 1 aliphatic heterocycles. The lowest BCUT2D eigenvalue weighted by Gasteiger charge is -2.31. The molecule has 7 heteroatoms. The molecular weight excluding hydrogens is 250 g/mol. The normalized spacial score (nSPS) is 17.7. The smallest absolute Gasteiger partial charge is 0.326 e. The number of likely N-dealkylation sites (tertiary alicyclic amines) is 1. The summed E-state index contributed by atoms with van der Waals surface area (Å²) in [7, 11) is 1.60. The summed E-state index contributed by atoms with van der Waals surface area (Å²) in [5.41, 5.74) is 0. The van der Waals surface area contributed by atoms with Crippen LogP contribution in [0.15, 0.2) is 0 Å². The molecule has 0 aliphatic carbocycles. The predicted molar refractivity (Wildman–Crippen MR) is 68.6 cm³/mol. The van der Waals surface area contributed by atoms with Crippen molar-refractivity contribution in [3.8, 4) is 0 Å². The van der Waals surface area contributed by atoms with Crippen LogP contribution in [0.1, 0.15) is 26.2 Å². The summed E-state index contributed by atoms with van der Waals surface area (Å²) in [4.78, 5) is 35.7. The average Bonchev–Trinajstić information content (AvgIpc) is 2.43. The Morgan fingerprint density at radius 3 is 2.32 bits per heavy atom. The maximum absolute atomic E-state index is 11.9. The molecule has 0 radical (unpaired) electrons. The molecule has 1 heterocycles. The molecule has 1 aliphatic rings. The van der Waals surface area contributed by atoms with E-state index in [1.807, 2.05) is 0 Å². The maximum atomic E-state index is 11.9. The van der Waals surface area contributed by atoms with Crippen LogP contribution in [-0.2, 0) is 9.59 Å². The van der Waals surface area contributed by atoms with E-state index in [4.69, 9.17) is 5.11 Å². The molecule has 0 saturated carbocycles. The van der Waals surface area contributed by atoms with Crippen molar-refractivity contribution in [2.45, 2.75) is 32.2 Å². The Morgan fingerprint density at radius 2 is 1.89 bits per heavy atom. The van der Waals surface area contributed by atoms with Crippen LogP contribution < -0.4 is 10.6 Å². The van der Waals surface area contributed by atoms with Crippen molar-refractivity contribution in [3.05, 3.63) is 0 Å². The standard InChI is InChI=1S/C12H21N3O4/c1-3-9(11(17)18)14-12(19)15-6-4-8(5-7-15)10(16)13-2/h8-9H,3-7H2,1-2H3,(H,13,16)(H,14,19)(H,17,18). The Kier molecular flexibility index (Phi) is 5.59. The second-order valence-electron chi connectivity index (χ2n) is 4.62. The van der Waals surface area contributed by atoms with Crippen molar-refractivity contribution in [1.29, 1.82) is 0 Å². The van der Waals surface area contributed by atoms with Crippen LogP contribution in [0.5, 0.6) is 0 Å². The highest BCUT2D eigenvalue weighted by Gasteiger charge is 2.28. The number of aliphatic carboxylic acids is 1. The van der Waals surface area contributed by atoms with Gasteiger partial charge in [-0.25, -0.2) is 9.59 Å². The van der Waals surface area contributed by atoms with Gasteiger partial charge in [-0.2, -0.15) is 0 Å². The van der Waals surface area contributed by atoms with E-state index in [9.17, 15) is 14.4 Å². The second kappa shape index (κ2) is 6.96. The van der Waals surface area contributed by atoms with Gasteiger partial charge in [-0.1, -0.05) is 6.92 Å². The number of amides is 3. The van der Waals surface area contributed by atoms with E-state index < -0.39 is 12.0 Å². The lowest BCUT2D eigenvalue weighted by molar-refractivity contribution is -0.139. The fraction of sp³-hybridized carbons (Fsp3) is 0.750. The van der Waals surface area contributed by atoms with Crippen LogP contribution in [0, 0.1) is 5.92 Å². The van der Waals surface area contributed by atoms with Gasteiger partial charge in [0.2, 0.25) is 5.91 Å². The zero-order valence-electron chi connectivity index (χ0n) is 11.3. The quantitative estimate of drug-likeness (QED) is 0.671. The highest BCUT2D eigenvalue weighted by atomic mass is 16.4. The summed E-state index contributed by atoms with van der Waals surface area (Å²) >= 11 is 0. The zero-order chi connectivity index (χ0) is 14.4. The molecule has 3 amide bonds. The topological polar surface area (TPSA) is 98.7 Å². The third-order valence-corrected chi connectivity index (χ3v) is 3.40. The van der Waals surface area contributed by atoms with E-state index in [0.29, 0.717) is 32.4 Å². The largest absolute Gasteiger partial charge is 0.480 e. The molecule has 0 aromatic rings. The van der Waals surface area contributed by atoms with Gasteiger partial charge in [-0.3, -0.25) is 4.79 Å². The van der Waals surface area contributed by atoms with E-state index >= 15 is 0 Å². The fourth-order valence-electron chi connectivity index (χ4n) is 2.13. The predicted octanol–water partition coefficient (Wildman–Crippen LogP) is 0.0172. The summed E-state index contributed by atoms with van der Waals surface area (Å²) in [5.74, 6) is -1.09. The Bertz CT molecular complexity index is 351. The Balaban J connectivity index is 2.44. The molecule has 7 nitrogen and oxygen atoms in total. The van der Waals surface area contributed by atoms with Crippen LogP contribution >= 0.6 is 0 Å². The molecule has 1 atom stereocenters. The minimum atomic E-state index is -1.03. The van der Waals surface area contributed by atoms with Gasteiger partial charge in [-0.05, 0) is 19.3 Å². The Hall–Kier alpha value is -1.79. The minimum Gasteiger partial charge on any atom is -0.480 e. The van der Waals surface area contributed by atoms with Crippen molar-refractivity contribution >= 4 is 17.9 Å². The molecule has 19 heavy (non-hydrogen) atoms. The lowest BCUT2D eigenvalue weighted by atomic mass is 9.96. The first-order chi connectivity index (χ1) is 8.99. The summed E-state index contributed by atoms with van der Waals surface area (Å²) < 4.78 is 0. The molecule has 1 fully saturated rings. The van der Waals surface area contributed by atoms with Gasteiger partial charge in [0, 0.05) is 26.1 Å². The average molecular weight is 271 g/mol. The van der Waals surface area contributed by atoms with Gasteiger partial charge in [-0.15, -0.1) is 0 Å². The van der Waals surface area contributed by atoms with Crippen LogP contribution in [0.2, 0.25) is 0 Å². The van der Waals surface area contributed by atoms with Gasteiger partial charge in [0.15, 0.2) is 0 Å².